The van der Waals surface area contributed by atoms with E-state index in [1.807, 2.05) is 48.5 Å². The van der Waals surface area contributed by atoms with Crippen molar-refractivity contribution in [2.75, 3.05) is 11.9 Å². The van der Waals surface area contributed by atoms with Crippen LogP contribution >= 0.6 is 0 Å². The number of hydrogen-bond donors (Lipinski definition) is 0. The number of benzene rings is 3. The highest BCUT2D eigenvalue weighted by Crippen LogP contribution is 2.43. The molecule has 1 aliphatic rings. The number of ketones is 1. The minimum atomic E-state index is -0.606. The standard InChI is InChI=1S/C29H27NO3/c1-18-17-29(2,3)30(4)25-16-26-22(14-23(18)25)15-24(28(32)33-26)27(31)21-12-10-20(11-13-21)19-8-6-5-7-9-19/h5-16,18H,17H2,1-4H3. The second-order valence-electron chi connectivity index (χ2n) is 9.65. The van der Waals surface area contributed by atoms with E-state index >= 15 is 0 Å². The van der Waals surface area contributed by atoms with Crippen LogP contribution in [0.1, 0.15) is 54.6 Å². The third-order valence-electron chi connectivity index (χ3n) is 6.99. The molecule has 1 atom stereocenters. The molecule has 0 saturated heterocycles. The topological polar surface area (TPSA) is 50.5 Å². The van der Waals surface area contributed by atoms with Crippen LogP contribution in [0.5, 0.6) is 0 Å². The number of anilines is 1. The minimum absolute atomic E-state index is 0.0161. The average Bonchev–Trinajstić information content (AvgIpc) is 2.81. The largest absolute Gasteiger partial charge is 0.422 e. The van der Waals surface area contributed by atoms with E-state index in [1.165, 1.54) is 5.56 Å². The monoisotopic (exact) mass is 437 g/mol. The van der Waals surface area contributed by atoms with Crippen LogP contribution in [0.4, 0.5) is 5.69 Å². The molecular formula is C29H27NO3. The second kappa shape index (κ2) is 7.73. The van der Waals surface area contributed by atoms with Gasteiger partial charge in [-0.15, -0.1) is 0 Å². The van der Waals surface area contributed by atoms with Gasteiger partial charge in [0.05, 0.1) is 0 Å². The highest BCUT2D eigenvalue weighted by molar-refractivity contribution is 6.10. The number of rotatable bonds is 3. The Bertz CT molecular complexity index is 1420. The van der Waals surface area contributed by atoms with Gasteiger partial charge in [-0.3, -0.25) is 4.79 Å². The van der Waals surface area contributed by atoms with Crippen LogP contribution in [-0.2, 0) is 0 Å². The molecule has 1 aliphatic heterocycles. The van der Waals surface area contributed by atoms with Crippen LogP contribution in [0, 0.1) is 0 Å². The van der Waals surface area contributed by atoms with E-state index in [0.29, 0.717) is 17.1 Å². The SMILES string of the molecule is CC1CC(C)(C)N(C)c2cc3oc(=O)c(C(=O)c4ccc(-c5ccccc5)cc4)cc3cc21. The Hall–Kier alpha value is -3.66. The van der Waals surface area contributed by atoms with Crippen LogP contribution in [0.25, 0.3) is 22.1 Å². The molecule has 166 valence electrons. The maximum atomic E-state index is 13.2. The minimum Gasteiger partial charge on any atom is -0.422 e. The van der Waals surface area contributed by atoms with Gasteiger partial charge >= 0.3 is 5.63 Å². The first-order chi connectivity index (χ1) is 15.7. The average molecular weight is 438 g/mol. The summed E-state index contributed by atoms with van der Waals surface area (Å²) in [4.78, 5) is 28.2. The van der Waals surface area contributed by atoms with E-state index in [1.54, 1.807) is 18.2 Å². The number of fused-ring (bicyclic) bond motifs is 2. The Balaban J connectivity index is 1.54. The Kier molecular flexibility index (Phi) is 4.97. The summed E-state index contributed by atoms with van der Waals surface area (Å²) < 4.78 is 5.64. The molecule has 3 aromatic carbocycles. The van der Waals surface area contributed by atoms with Crippen LogP contribution in [0.3, 0.4) is 0 Å². The van der Waals surface area contributed by atoms with E-state index in [-0.39, 0.29) is 16.9 Å². The fourth-order valence-electron chi connectivity index (χ4n) is 4.94. The van der Waals surface area contributed by atoms with Crippen molar-refractivity contribution in [2.45, 2.75) is 38.6 Å². The molecule has 1 aromatic heterocycles. The lowest BCUT2D eigenvalue weighted by Gasteiger charge is -2.45. The molecule has 4 aromatic rings. The molecule has 4 nitrogen and oxygen atoms in total. The smallest absolute Gasteiger partial charge is 0.347 e. The maximum Gasteiger partial charge on any atom is 0.347 e. The third kappa shape index (κ3) is 3.66. The molecule has 0 amide bonds. The number of hydrogen-bond acceptors (Lipinski definition) is 4. The molecule has 5 rings (SSSR count). The second-order valence-corrected chi connectivity index (χ2v) is 9.65. The summed E-state index contributed by atoms with van der Waals surface area (Å²) in [5.41, 5.74) is 4.83. The van der Waals surface area contributed by atoms with Crippen molar-refractivity contribution in [3.8, 4) is 11.1 Å². The van der Waals surface area contributed by atoms with Crippen LogP contribution in [0.15, 0.2) is 82.0 Å². The summed E-state index contributed by atoms with van der Waals surface area (Å²) in [6.07, 6.45) is 1.03. The molecule has 0 bridgehead atoms. The molecule has 0 radical (unpaired) electrons. The van der Waals surface area contributed by atoms with Crippen molar-refractivity contribution in [1.82, 2.24) is 0 Å². The van der Waals surface area contributed by atoms with E-state index in [4.69, 9.17) is 4.42 Å². The van der Waals surface area contributed by atoms with E-state index in [2.05, 4.69) is 38.8 Å². The van der Waals surface area contributed by atoms with Crippen molar-refractivity contribution in [2.24, 2.45) is 0 Å². The van der Waals surface area contributed by atoms with Gasteiger partial charge in [-0.2, -0.15) is 0 Å². The number of nitrogens with zero attached hydrogens (tertiary/aromatic N) is 1. The van der Waals surface area contributed by atoms with Gasteiger partial charge in [0.1, 0.15) is 11.1 Å². The molecular weight excluding hydrogens is 410 g/mol. The lowest BCUT2D eigenvalue weighted by molar-refractivity contribution is 0.103. The van der Waals surface area contributed by atoms with E-state index in [9.17, 15) is 9.59 Å². The van der Waals surface area contributed by atoms with Crippen molar-refractivity contribution in [1.29, 1.82) is 0 Å². The molecule has 1 unspecified atom stereocenters. The summed E-state index contributed by atoms with van der Waals surface area (Å²) in [7, 11) is 2.08. The Morgan fingerprint density at radius 2 is 1.64 bits per heavy atom. The first-order valence-electron chi connectivity index (χ1n) is 11.3. The zero-order valence-corrected chi connectivity index (χ0v) is 19.4. The molecule has 33 heavy (non-hydrogen) atoms. The fourth-order valence-corrected chi connectivity index (χ4v) is 4.94. The van der Waals surface area contributed by atoms with Gasteiger partial charge in [0.15, 0.2) is 5.78 Å². The van der Waals surface area contributed by atoms with Gasteiger partial charge in [0.25, 0.3) is 0 Å². The van der Waals surface area contributed by atoms with E-state index in [0.717, 1.165) is 28.6 Å². The Morgan fingerprint density at radius 1 is 0.970 bits per heavy atom. The zero-order chi connectivity index (χ0) is 23.3. The molecule has 0 N–H and O–H groups in total. The van der Waals surface area contributed by atoms with Crippen LogP contribution in [-0.4, -0.2) is 18.4 Å². The molecule has 0 saturated carbocycles. The number of carbonyl (C=O) groups excluding carboxylic acids is 1. The van der Waals surface area contributed by atoms with Crippen molar-refractivity contribution in [3.63, 3.8) is 0 Å². The van der Waals surface area contributed by atoms with Gasteiger partial charge in [0, 0.05) is 35.3 Å². The summed E-state index contributed by atoms with van der Waals surface area (Å²) in [6.45, 7) is 6.66. The normalized spacial score (nSPS) is 17.1. The third-order valence-corrected chi connectivity index (χ3v) is 6.99. The summed E-state index contributed by atoms with van der Waals surface area (Å²) in [5, 5.41) is 0.776. The Morgan fingerprint density at radius 3 is 2.33 bits per heavy atom. The van der Waals surface area contributed by atoms with Gasteiger partial charge in [-0.1, -0.05) is 61.5 Å². The summed E-state index contributed by atoms with van der Waals surface area (Å²) in [6, 6.07) is 23.0. The van der Waals surface area contributed by atoms with Crippen molar-refractivity contribution in [3.05, 3.63) is 99.9 Å². The van der Waals surface area contributed by atoms with Crippen LogP contribution < -0.4 is 10.5 Å². The maximum absolute atomic E-state index is 13.2. The predicted octanol–water partition coefficient (Wildman–Crippen LogP) is 6.41. The van der Waals surface area contributed by atoms with Gasteiger partial charge < -0.3 is 9.32 Å². The lowest BCUT2D eigenvalue weighted by atomic mass is 9.80. The molecule has 2 heterocycles. The lowest BCUT2D eigenvalue weighted by Crippen LogP contribution is -2.45. The van der Waals surface area contributed by atoms with Crippen molar-refractivity contribution >= 4 is 22.4 Å². The van der Waals surface area contributed by atoms with Crippen molar-refractivity contribution < 1.29 is 9.21 Å². The van der Waals surface area contributed by atoms with Gasteiger partial charge in [-0.05, 0) is 55.0 Å². The highest BCUT2D eigenvalue weighted by Gasteiger charge is 2.34. The first-order valence-corrected chi connectivity index (χ1v) is 11.3. The highest BCUT2D eigenvalue weighted by atomic mass is 16.4. The molecule has 0 spiro atoms. The molecule has 0 fully saturated rings. The molecule has 4 heteroatoms. The first kappa shape index (κ1) is 21.2. The fraction of sp³-hybridized carbons (Fsp3) is 0.241. The Labute approximate surface area is 193 Å². The zero-order valence-electron chi connectivity index (χ0n) is 19.4. The van der Waals surface area contributed by atoms with Gasteiger partial charge in [0.2, 0.25) is 0 Å². The van der Waals surface area contributed by atoms with E-state index < -0.39 is 5.63 Å². The quantitative estimate of drug-likeness (QED) is 0.274. The summed E-state index contributed by atoms with van der Waals surface area (Å²) >= 11 is 0. The van der Waals surface area contributed by atoms with Gasteiger partial charge in [-0.25, -0.2) is 4.79 Å². The number of carbonyl (C=O) groups is 1. The molecule has 0 aliphatic carbocycles. The van der Waals surface area contributed by atoms with Crippen LogP contribution in [0.2, 0.25) is 0 Å². The predicted molar refractivity (Wildman–Crippen MR) is 133 cm³/mol. The summed E-state index contributed by atoms with van der Waals surface area (Å²) in [5.74, 6) is 0.0430.